The molecule has 0 saturated heterocycles. The predicted molar refractivity (Wildman–Crippen MR) is 94.9 cm³/mol. The number of nitrogens with one attached hydrogen (secondary N) is 1. The standard InChI is InChI=1S/C17H21ClN2O2S/c1-5-13-16(11(3)21)10(2)19-17(13)14(22)9-20(4)8-12-6-7-15(18)23-12/h6-7,19H,5,8-9H2,1-4H3. The van der Waals surface area contributed by atoms with E-state index in [-0.39, 0.29) is 11.6 Å². The SMILES string of the molecule is CCc1c(C(=O)CN(C)Cc2ccc(Cl)s2)[nH]c(C)c1C(C)=O. The van der Waals surface area contributed by atoms with Crippen LogP contribution < -0.4 is 0 Å². The molecule has 0 saturated carbocycles. The smallest absolute Gasteiger partial charge is 0.193 e. The lowest BCUT2D eigenvalue weighted by Gasteiger charge is -2.14. The van der Waals surface area contributed by atoms with Crippen LogP contribution in [0.3, 0.4) is 0 Å². The number of ketones is 2. The quantitative estimate of drug-likeness (QED) is 0.762. The highest BCUT2D eigenvalue weighted by Crippen LogP contribution is 2.23. The highest BCUT2D eigenvalue weighted by molar-refractivity contribution is 7.16. The summed E-state index contributed by atoms with van der Waals surface area (Å²) in [5.41, 5.74) is 2.81. The van der Waals surface area contributed by atoms with Crippen LogP contribution in [-0.2, 0) is 13.0 Å². The van der Waals surface area contributed by atoms with E-state index in [0.29, 0.717) is 30.8 Å². The van der Waals surface area contributed by atoms with Crippen LogP contribution in [-0.4, -0.2) is 35.0 Å². The van der Waals surface area contributed by atoms with Crippen LogP contribution in [0.25, 0.3) is 0 Å². The van der Waals surface area contributed by atoms with Crippen LogP contribution in [0.2, 0.25) is 4.34 Å². The molecule has 0 amide bonds. The summed E-state index contributed by atoms with van der Waals surface area (Å²) in [5.74, 6) is -0.00108. The summed E-state index contributed by atoms with van der Waals surface area (Å²) in [5, 5.41) is 0. The van der Waals surface area contributed by atoms with Crippen LogP contribution >= 0.6 is 22.9 Å². The van der Waals surface area contributed by atoms with Gasteiger partial charge >= 0.3 is 0 Å². The molecule has 0 spiro atoms. The first-order valence-corrected chi connectivity index (χ1v) is 8.71. The van der Waals surface area contributed by atoms with Crippen LogP contribution in [0.1, 0.15) is 50.8 Å². The average Bonchev–Trinajstić information content (AvgIpc) is 3.01. The molecule has 4 nitrogen and oxygen atoms in total. The number of carbonyl (C=O) groups is 2. The Morgan fingerprint density at radius 2 is 2.04 bits per heavy atom. The van der Waals surface area contributed by atoms with Gasteiger partial charge in [-0.15, -0.1) is 11.3 Å². The molecular weight excluding hydrogens is 332 g/mol. The molecule has 0 unspecified atom stereocenters. The van der Waals surface area contributed by atoms with Crippen LogP contribution in [0.15, 0.2) is 12.1 Å². The van der Waals surface area contributed by atoms with Crippen molar-refractivity contribution in [3.8, 4) is 0 Å². The number of thiophene rings is 1. The minimum Gasteiger partial charge on any atom is -0.355 e. The number of aromatic nitrogens is 1. The lowest BCUT2D eigenvalue weighted by molar-refractivity contribution is 0.0938. The third kappa shape index (κ3) is 4.10. The number of hydrogen-bond acceptors (Lipinski definition) is 4. The number of likely N-dealkylation sites (N-methyl/N-ethyl adjacent to an activating group) is 1. The van der Waals surface area contributed by atoms with Gasteiger partial charge in [0.1, 0.15) is 0 Å². The third-order valence-corrected chi connectivity index (χ3v) is 4.96. The Labute approximate surface area is 145 Å². The molecule has 124 valence electrons. The van der Waals surface area contributed by atoms with E-state index >= 15 is 0 Å². The zero-order chi connectivity index (χ0) is 17.1. The van der Waals surface area contributed by atoms with Crippen molar-refractivity contribution in [3.63, 3.8) is 0 Å². The number of halogens is 1. The molecule has 23 heavy (non-hydrogen) atoms. The number of Topliss-reactive ketones (excluding diaryl/α,β-unsaturated/α-hetero) is 2. The molecule has 0 aliphatic heterocycles. The summed E-state index contributed by atoms with van der Waals surface area (Å²) < 4.78 is 0.749. The van der Waals surface area contributed by atoms with E-state index in [2.05, 4.69) is 4.98 Å². The Hall–Kier alpha value is -1.43. The summed E-state index contributed by atoms with van der Waals surface area (Å²) in [7, 11) is 1.90. The fraction of sp³-hybridized carbons (Fsp3) is 0.412. The van der Waals surface area contributed by atoms with Gasteiger partial charge in [0.2, 0.25) is 0 Å². The van der Waals surface area contributed by atoms with Crippen molar-refractivity contribution in [1.82, 2.24) is 9.88 Å². The molecule has 0 radical (unpaired) electrons. The number of hydrogen-bond donors (Lipinski definition) is 1. The van der Waals surface area contributed by atoms with Crippen molar-refractivity contribution in [1.29, 1.82) is 0 Å². The number of nitrogens with zero attached hydrogens (tertiary/aromatic N) is 1. The Balaban J connectivity index is 2.14. The van der Waals surface area contributed by atoms with Crippen LogP contribution in [0.4, 0.5) is 0 Å². The maximum Gasteiger partial charge on any atom is 0.193 e. The van der Waals surface area contributed by atoms with E-state index in [1.807, 2.05) is 37.9 Å². The van der Waals surface area contributed by atoms with Crippen molar-refractivity contribution in [2.24, 2.45) is 0 Å². The van der Waals surface area contributed by atoms with Gasteiger partial charge in [-0.05, 0) is 45.0 Å². The topological polar surface area (TPSA) is 53.2 Å². The van der Waals surface area contributed by atoms with Gasteiger partial charge in [0, 0.05) is 22.7 Å². The molecule has 6 heteroatoms. The second-order valence-electron chi connectivity index (χ2n) is 5.69. The van der Waals surface area contributed by atoms with Crippen molar-refractivity contribution in [2.75, 3.05) is 13.6 Å². The molecule has 0 atom stereocenters. The van der Waals surface area contributed by atoms with Crippen molar-refractivity contribution in [3.05, 3.63) is 43.9 Å². The van der Waals surface area contributed by atoms with Crippen molar-refractivity contribution in [2.45, 2.75) is 33.7 Å². The number of aromatic amines is 1. The predicted octanol–water partition coefficient (Wildman–Crippen LogP) is 4.12. The van der Waals surface area contributed by atoms with Gasteiger partial charge < -0.3 is 4.98 Å². The van der Waals surface area contributed by atoms with Gasteiger partial charge in [-0.1, -0.05) is 18.5 Å². The fourth-order valence-corrected chi connectivity index (χ4v) is 4.00. The maximum atomic E-state index is 12.6. The summed E-state index contributed by atoms with van der Waals surface area (Å²) in [6.07, 6.45) is 0.657. The fourth-order valence-electron chi connectivity index (χ4n) is 2.83. The first-order valence-electron chi connectivity index (χ1n) is 7.51. The van der Waals surface area contributed by atoms with Gasteiger partial charge in [-0.25, -0.2) is 0 Å². The van der Waals surface area contributed by atoms with E-state index in [9.17, 15) is 9.59 Å². The van der Waals surface area contributed by atoms with Crippen LogP contribution in [0.5, 0.6) is 0 Å². The Morgan fingerprint density at radius 1 is 1.35 bits per heavy atom. The molecular formula is C17H21ClN2O2S. The largest absolute Gasteiger partial charge is 0.355 e. The summed E-state index contributed by atoms with van der Waals surface area (Å²) in [6.45, 7) is 6.30. The van der Waals surface area contributed by atoms with Crippen molar-refractivity contribution < 1.29 is 9.59 Å². The molecule has 2 aromatic rings. The molecule has 0 aliphatic rings. The van der Waals surface area contributed by atoms with Gasteiger partial charge in [-0.3, -0.25) is 14.5 Å². The normalized spacial score (nSPS) is 11.2. The zero-order valence-electron chi connectivity index (χ0n) is 13.8. The van der Waals surface area contributed by atoms with Gasteiger partial charge in [0.15, 0.2) is 11.6 Å². The zero-order valence-corrected chi connectivity index (χ0v) is 15.4. The second-order valence-corrected chi connectivity index (χ2v) is 7.49. The van der Waals surface area contributed by atoms with E-state index in [1.54, 1.807) is 0 Å². The summed E-state index contributed by atoms with van der Waals surface area (Å²) in [4.78, 5) is 30.6. The third-order valence-electron chi connectivity index (χ3n) is 3.74. The van der Waals surface area contributed by atoms with Crippen molar-refractivity contribution >= 4 is 34.5 Å². The monoisotopic (exact) mass is 352 g/mol. The minimum absolute atomic E-state index is 0.00241. The molecule has 2 aromatic heterocycles. The molecule has 0 fully saturated rings. The molecule has 0 aromatic carbocycles. The molecule has 0 aliphatic carbocycles. The van der Waals surface area contributed by atoms with E-state index in [1.165, 1.54) is 18.3 Å². The van der Waals surface area contributed by atoms with E-state index in [4.69, 9.17) is 11.6 Å². The Bertz CT molecular complexity index is 733. The maximum absolute atomic E-state index is 12.6. The number of aryl methyl sites for hydroxylation is 1. The Morgan fingerprint density at radius 3 is 2.57 bits per heavy atom. The van der Waals surface area contributed by atoms with Gasteiger partial charge in [0.25, 0.3) is 0 Å². The summed E-state index contributed by atoms with van der Waals surface area (Å²) in [6, 6.07) is 3.83. The Kier molecular flexibility index (Phi) is 5.79. The summed E-state index contributed by atoms with van der Waals surface area (Å²) >= 11 is 7.45. The lowest BCUT2D eigenvalue weighted by atomic mass is 10.0. The average molecular weight is 353 g/mol. The van der Waals surface area contributed by atoms with E-state index in [0.717, 1.165) is 20.5 Å². The molecule has 2 heterocycles. The number of H-pyrrole nitrogens is 1. The lowest BCUT2D eigenvalue weighted by Crippen LogP contribution is -2.26. The van der Waals surface area contributed by atoms with Gasteiger partial charge in [0.05, 0.1) is 16.6 Å². The highest BCUT2D eigenvalue weighted by atomic mass is 35.5. The van der Waals surface area contributed by atoms with Gasteiger partial charge in [-0.2, -0.15) is 0 Å². The van der Waals surface area contributed by atoms with Crippen LogP contribution in [0, 0.1) is 6.92 Å². The molecule has 2 rings (SSSR count). The first-order chi connectivity index (χ1) is 10.8. The number of carbonyl (C=O) groups excluding carboxylic acids is 2. The minimum atomic E-state index is -0.00349. The van der Waals surface area contributed by atoms with E-state index < -0.39 is 0 Å². The molecule has 0 bridgehead atoms. The second kappa shape index (κ2) is 7.43. The highest BCUT2D eigenvalue weighted by Gasteiger charge is 2.22. The number of rotatable bonds is 7. The molecule has 1 N–H and O–H groups in total. The first kappa shape index (κ1) is 17.9.